The van der Waals surface area contributed by atoms with Gasteiger partial charge >= 0.3 is 5.97 Å². The third kappa shape index (κ3) is 3.14. The third-order valence-electron chi connectivity index (χ3n) is 2.50. The van der Waals surface area contributed by atoms with E-state index < -0.39 is 26.8 Å². The van der Waals surface area contributed by atoms with Crippen LogP contribution in [0, 0.1) is 0 Å². The number of rotatable bonds is 5. The number of carboxylic acid groups (broad SMARTS) is 1. The van der Waals surface area contributed by atoms with Gasteiger partial charge in [-0.2, -0.15) is 0 Å². The van der Waals surface area contributed by atoms with Crippen molar-refractivity contribution in [1.29, 1.82) is 0 Å². The minimum Gasteiger partial charge on any atom is -0.480 e. The van der Waals surface area contributed by atoms with Gasteiger partial charge in [0.2, 0.25) is 10.0 Å². The third-order valence-corrected chi connectivity index (χ3v) is 4.18. The Labute approximate surface area is 93.5 Å². The van der Waals surface area contributed by atoms with Crippen molar-refractivity contribution in [2.75, 3.05) is 19.8 Å². The molecule has 7 nitrogen and oxygen atoms in total. The second kappa shape index (κ2) is 4.66. The van der Waals surface area contributed by atoms with Crippen molar-refractivity contribution in [2.24, 2.45) is 0 Å². The van der Waals surface area contributed by atoms with E-state index in [1.807, 2.05) is 0 Å². The number of hydrogen-bond acceptors (Lipinski definition) is 5. The molecule has 2 atom stereocenters. The highest BCUT2D eigenvalue weighted by Crippen LogP contribution is 2.17. The summed E-state index contributed by atoms with van der Waals surface area (Å²) in [7, 11) is -3.95. The molecule has 94 valence electrons. The smallest absolute Gasteiger partial charge is 0.323 e. The molecule has 1 saturated heterocycles. The van der Waals surface area contributed by atoms with Crippen molar-refractivity contribution in [2.45, 2.75) is 24.2 Å². The predicted octanol–water partition coefficient (Wildman–Crippen LogP) is -1.47. The number of nitrogens with one attached hydrogen (secondary N) is 1. The maximum Gasteiger partial charge on any atom is 0.323 e. The Hall–Kier alpha value is -0.700. The first kappa shape index (κ1) is 13.4. The van der Waals surface area contributed by atoms with Crippen LogP contribution in [0.25, 0.3) is 0 Å². The van der Waals surface area contributed by atoms with Crippen molar-refractivity contribution < 1.29 is 28.2 Å². The van der Waals surface area contributed by atoms with Crippen molar-refractivity contribution in [1.82, 2.24) is 4.72 Å². The Bertz CT molecular complexity index is 359. The first-order valence-electron chi connectivity index (χ1n) is 4.78. The summed E-state index contributed by atoms with van der Waals surface area (Å²) in [6.45, 7) is 1.26. The molecule has 2 unspecified atom stereocenters. The van der Waals surface area contributed by atoms with Gasteiger partial charge < -0.3 is 14.9 Å². The first-order valence-corrected chi connectivity index (χ1v) is 6.33. The number of sulfonamides is 1. The lowest BCUT2D eigenvalue weighted by molar-refractivity contribution is -0.136. The maximum absolute atomic E-state index is 11.4. The summed E-state index contributed by atoms with van der Waals surface area (Å²) >= 11 is 0. The minimum absolute atomic E-state index is 0.0526. The highest BCUT2D eigenvalue weighted by atomic mass is 32.2. The molecule has 1 fully saturated rings. The lowest BCUT2D eigenvalue weighted by atomic mass is 10.1. The largest absolute Gasteiger partial charge is 0.480 e. The summed E-state index contributed by atoms with van der Waals surface area (Å²) in [6.07, 6.45) is 0.330. The number of aliphatic hydroxyl groups is 1. The zero-order valence-corrected chi connectivity index (χ0v) is 9.66. The van der Waals surface area contributed by atoms with Gasteiger partial charge in [-0.25, -0.2) is 13.1 Å². The summed E-state index contributed by atoms with van der Waals surface area (Å²) in [6, 6.07) is 0. The van der Waals surface area contributed by atoms with Crippen LogP contribution in [-0.2, 0) is 19.6 Å². The van der Waals surface area contributed by atoms with Gasteiger partial charge in [0.25, 0.3) is 0 Å². The summed E-state index contributed by atoms with van der Waals surface area (Å²) < 4.78 is 29.9. The van der Waals surface area contributed by atoms with E-state index in [1.165, 1.54) is 0 Å². The lowest BCUT2D eigenvalue weighted by Gasteiger charge is -2.21. The molecule has 0 saturated carbocycles. The van der Waals surface area contributed by atoms with Gasteiger partial charge in [-0.1, -0.05) is 0 Å². The SMILES string of the molecule is CC(C(=O)O)S(=O)(=O)NCC1(O)CCOC1. The summed E-state index contributed by atoms with van der Waals surface area (Å²) in [5.74, 6) is -1.43. The van der Waals surface area contributed by atoms with Gasteiger partial charge in [0, 0.05) is 19.6 Å². The van der Waals surface area contributed by atoms with Crippen molar-refractivity contribution in [3.05, 3.63) is 0 Å². The molecule has 0 aromatic heterocycles. The van der Waals surface area contributed by atoms with Crippen LogP contribution in [0.4, 0.5) is 0 Å². The molecule has 1 heterocycles. The molecule has 0 radical (unpaired) electrons. The molecular weight excluding hydrogens is 238 g/mol. The molecule has 0 aromatic rings. The van der Waals surface area contributed by atoms with Crippen molar-refractivity contribution in [3.63, 3.8) is 0 Å². The summed E-state index contributed by atoms with van der Waals surface area (Å²) in [5, 5.41) is 16.8. The Morgan fingerprint density at radius 3 is 2.69 bits per heavy atom. The van der Waals surface area contributed by atoms with Crippen molar-refractivity contribution >= 4 is 16.0 Å². The topological polar surface area (TPSA) is 113 Å². The van der Waals surface area contributed by atoms with Gasteiger partial charge in [0.15, 0.2) is 5.25 Å². The first-order chi connectivity index (χ1) is 7.27. The van der Waals surface area contributed by atoms with Crippen LogP contribution in [0.15, 0.2) is 0 Å². The molecule has 0 spiro atoms. The molecule has 3 N–H and O–H groups in total. The van der Waals surface area contributed by atoms with E-state index in [4.69, 9.17) is 9.84 Å². The fourth-order valence-electron chi connectivity index (χ4n) is 1.23. The van der Waals surface area contributed by atoms with Crippen molar-refractivity contribution in [3.8, 4) is 0 Å². The minimum atomic E-state index is -3.95. The number of aliphatic carboxylic acids is 1. The summed E-state index contributed by atoms with van der Waals surface area (Å²) in [4.78, 5) is 10.5. The van der Waals surface area contributed by atoms with Gasteiger partial charge in [0.1, 0.15) is 5.60 Å². The number of hydrogen-bond donors (Lipinski definition) is 3. The van der Waals surface area contributed by atoms with Gasteiger partial charge in [-0.3, -0.25) is 4.79 Å². The van der Waals surface area contributed by atoms with Crippen LogP contribution in [0.1, 0.15) is 13.3 Å². The van der Waals surface area contributed by atoms with Crippen LogP contribution in [0.3, 0.4) is 0 Å². The fraction of sp³-hybridized carbons (Fsp3) is 0.875. The average Bonchev–Trinajstić information content (AvgIpc) is 2.62. The zero-order valence-electron chi connectivity index (χ0n) is 8.84. The molecular formula is C8H15NO6S. The molecule has 8 heteroatoms. The predicted molar refractivity (Wildman–Crippen MR) is 54.4 cm³/mol. The van der Waals surface area contributed by atoms with Gasteiger partial charge in [-0.05, 0) is 6.92 Å². The van der Waals surface area contributed by atoms with Crippen LogP contribution in [0.2, 0.25) is 0 Å². The Morgan fingerprint density at radius 1 is 1.62 bits per heavy atom. The van der Waals surface area contributed by atoms with E-state index in [9.17, 15) is 18.3 Å². The summed E-state index contributed by atoms with van der Waals surface area (Å²) in [5.41, 5.74) is -1.23. The van der Waals surface area contributed by atoms with E-state index in [1.54, 1.807) is 0 Å². The zero-order chi connectivity index (χ0) is 12.4. The van der Waals surface area contributed by atoms with Gasteiger partial charge in [-0.15, -0.1) is 0 Å². The second-order valence-corrected chi connectivity index (χ2v) is 5.96. The Balaban J connectivity index is 2.57. The van der Waals surface area contributed by atoms with Gasteiger partial charge in [0.05, 0.1) is 6.61 Å². The number of carboxylic acids is 1. The molecule has 0 aromatic carbocycles. The molecule has 16 heavy (non-hydrogen) atoms. The van der Waals surface area contributed by atoms with E-state index in [2.05, 4.69) is 4.72 Å². The average molecular weight is 253 g/mol. The molecule has 0 bridgehead atoms. The molecule has 1 aliphatic rings. The molecule has 1 rings (SSSR count). The number of ether oxygens (including phenoxy) is 1. The van der Waals surface area contributed by atoms with Crippen LogP contribution >= 0.6 is 0 Å². The fourth-order valence-corrected chi connectivity index (χ4v) is 2.21. The highest BCUT2D eigenvalue weighted by Gasteiger charge is 2.35. The maximum atomic E-state index is 11.4. The standard InChI is InChI=1S/C8H15NO6S/c1-6(7(10)11)16(13,14)9-4-8(12)2-3-15-5-8/h6,9,12H,2-5H2,1H3,(H,10,11). The Kier molecular flexibility index (Phi) is 3.89. The van der Waals surface area contributed by atoms with Crippen LogP contribution < -0.4 is 4.72 Å². The highest BCUT2D eigenvalue weighted by molar-refractivity contribution is 7.90. The lowest BCUT2D eigenvalue weighted by Crippen LogP contribution is -2.47. The normalized spacial score (nSPS) is 27.9. The Morgan fingerprint density at radius 2 is 2.25 bits per heavy atom. The molecule has 0 amide bonds. The van der Waals surface area contributed by atoms with E-state index in [0.29, 0.717) is 13.0 Å². The molecule has 0 aliphatic carbocycles. The second-order valence-electron chi connectivity index (χ2n) is 3.87. The monoisotopic (exact) mass is 253 g/mol. The van der Waals surface area contributed by atoms with E-state index >= 15 is 0 Å². The van der Waals surface area contributed by atoms with E-state index in [0.717, 1.165) is 6.92 Å². The quantitative estimate of drug-likeness (QED) is 0.551. The number of carbonyl (C=O) groups is 1. The molecule has 1 aliphatic heterocycles. The van der Waals surface area contributed by atoms with Crippen LogP contribution in [-0.4, -0.2) is 55.2 Å². The van der Waals surface area contributed by atoms with Crippen LogP contribution in [0.5, 0.6) is 0 Å². The van der Waals surface area contributed by atoms with E-state index in [-0.39, 0.29) is 13.2 Å².